The number of aromatic nitrogens is 2. The van der Waals surface area contributed by atoms with Crippen LogP contribution < -0.4 is 5.43 Å². The van der Waals surface area contributed by atoms with E-state index in [1.54, 1.807) is 18.6 Å². The van der Waals surface area contributed by atoms with Crippen molar-refractivity contribution in [3.63, 3.8) is 0 Å². The molecule has 4 nitrogen and oxygen atoms in total. The maximum atomic E-state index is 3.95. The van der Waals surface area contributed by atoms with Crippen molar-refractivity contribution in [1.82, 2.24) is 10.2 Å². The number of H-pyrrole nitrogens is 1. The lowest BCUT2D eigenvalue weighted by atomic mass is 10.2. The van der Waals surface area contributed by atoms with Crippen molar-refractivity contribution < 1.29 is 0 Å². The second-order valence-corrected chi connectivity index (χ2v) is 3.10. The van der Waals surface area contributed by atoms with Crippen LogP contribution in [0.3, 0.4) is 0 Å². The number of allylic oxidation sites excluding steroid dienone is 1. The number of fused-ring (bicyclic) bond motifs is 1. The molecule has 0 saturated carbocycles. The number of rotatable bonds is 0. The van der Waals surface area contributed by atoms with Crippen molar-refractivity contribution in [2.24, 2.45) is 5.10 Å². The summed E-state index contributed by atoms with van der Waals surface area (Å²) in [6.45, 7) is 0. The Bertz CT molecular complexity index is 454. The lowest BCUT2D eigenvalue weighted by Gasteiger charge is -2.00. The van der Waals surface area contributed by atoms with E-state index in [1.807, 2.05) is 42.5 Å². The molecule has 2 heterocycles. The molecule has 0 saturated heterocycles. The van der Waals surface area contributed by atoms with E-state index in [4.69, 9.17) is 0 Å². The summed E-state index contributed by atoms with van der Waals surface area (Å²) in [4.78, 5) is 0. The van der Waals surface area contributed by atoms with Crippen molar-refractivity contribution >= 4 is 18.0 Å². The number of para-hydroxylation sites is 1. The predicted octanol–water partition coefficient (Wildman–Crippen LogP) is 2.52. The zero-order valence-electron chi connectivity index (χ0n) is 8.67. The number of hydrazone groups is 1. The first-order valence-electron chi connectivity index (χ1n) is 4.95. The second-order valence-electron chi connectivity index (χ2n) is 3.10. The highest BCUT2D eigenvalue weighted by Crippen LogP contribution is 2.17. The fourth-order valence-electron chi connectivity index (χ4n) is 1.26. The van der Waals surface area contributed by atoms with Crippen molar-refractivity contribution in [3.05, 3.63) is 54.4 Å². The number of hydrogen-bond donors (Lipinski definition) is 2. The van der Waals surface area contributed by atoms with Crippen LogP contribution in [-0.2, 0) is 0 Å². The zero-order chi connectivity index (χ0) is 11.1. The largest absolute Gasteiger partial charge is 0.286 e. The molecule has 0 fully saturated rings. The van der Waals surface area contributed by atoms with Crippen LogP contribution >= 0.6 is 0 Å². The molecule has 16 heavy (non-hydrogen) atoms. The molecule has 0 spiro atoms. The predicted molar refractivity (Wildman–Crippen MR) is 66.2 cm³/mol. The smallest absolute Gasteiger partial charge is 0.0634 e. The van der Waals surface area contributed by atoms with Gasteiger partial charge in [0.2, 0.25) is 0 Å². The van der Waals surface area contributed by atoms with Gasteiger partial charge in [0.15, 0.2) is 0 Å². The molecule has 1 aliphatic heterocycles. The molecule has 2 aromatic rings. The van der Waals surface area contributed by atoms with Gasteiger partial charge in [0.05, 0.1) is 5.69 Å². The summed E-state index contributed by atoms with van der Waals surface area (Å²) >= 11 is 0. The molecule has 1 aliphatic rings. The molecule has 0 amide bonds. The summed E-state index contributed by atoms with van der Waals surface area (Å²) in [5.41, 5.74) is 5.16. The Kier molecular flexibility index (Phi) is 3.50. The first-order chi connectivity index (χ1) is 7.97. The average molecular weight is 212 g/mol. The molecule has 0 atom stereocenters. The van der Waals surface area contributed by atoms with Gasteiger partial charge >= 0.3 is 0 Å². The van der Waals surface area contributed by atoms with Gasteiger partial charge in [-0.25, -0.2) is 0 Å². The minimum atomic E-state index is 1.05. The highest BCUT2D eigenvalue weighted by atomic mass is 15.3. The molecule has 1 aromatic heterocycles. The number of nitrogens with one attached hydrogen (secondary N) is 2. The van der Waals surface area contributed by atoms with Gasteiger partial charge < -0.3 is 0 Å². The molecule has 80 valence electrons. The normalized spacial score (nSPS) is 11.8. The van der Waals surface area contributed by atoms with Gasteiger partial charge in [-0.15, -0.1) is 0 Å². The number of anilines is 1. The van der Waals surface area contributed by atoms with Gasteiger partial charge in [0, 0.05) is 18.6 Å². The van der Waals surface area contributed by atoms with Crippen molar-refractivity contribution in [2.75, 3.05) is 5.43 Å². The van der Waals surface area contributed by atoms with Crippen LogP contribution in [0.4, 0.5) is 5.69 Å². The summed E-state index contributed by atoms with van der Waals surface area (Å²) in [6, 6.07) is 9.88. The minimum Gasteiger partial charge on any atom is -0.286 e. The van der Waals surface area contributed by atoms with Crippen LogP contribution in [0.5, 0.6) is 0 Å². The number of nitrogens with zero attached hydrogens (tertiary/aromatic N) is 2. The van der Waals surface area contributed by atoms with Gasteiger partial charge in [0.25, 0.3) is 0 Å². The SMILES string of the molecule is C1=Cc2ccccc2NN=C1.c1cn[nH]c1. The number of aromatic amines is 1. The van der Waals surface area contributed by atoms with Crippen molar-refractivity contribution in [2.45, 2.75) is 0 Å². The number of benzene rings is 1. The van der Waals surface area contributed by atoms with Gasteiger partial charge in [0.1, 0.15) is 0 Å². The van der Waals surface area contributed by atoms with Gasteiger partial charge in [-0.2, -0.15) is 10.2 Å². The van der Waals surface area contributed by atoms with E-state index in [0.29, 0.717) is 0 Å². The van der Waals surface area contributed by atoms with Crippen LogP contribution in [0.2, 0.25) is 0 Å². The Morgan fingerprint density at radius 2 is 2.00 bits per heavy atom. The monoisotopic (exact) mass is 212 g/mol. The summed E-state index contributed by atoms with van der Waals surface area (Å²) in [6.07, 6.45) is 9.14. The third-order valence-electron chi connectivity index (χ3n) is 1.99. The molecular formula is C12H12N4. The molecule has 3 rings (SSSR count). The Hall–Kier alpha value is -2.36. The van der Waals surface area contributed by atoms with Crippen LogP contribution in [0, 0.1) is 0 Å². The van der Waals surface area contributed by atoms with Crippen molar-refractivity contribution in [3.8, 4) is 0 Å². The maximum absolute atomic E-state index is 3.95. The quantitative estimate of drug-likeness (QED) is 0.705. The molecule has 0 unspecified atom stereocenters. The Morgan fingerprint density at radius 3 is 2.75 bits per heavy atom. The molecule has 0 radical (unpaired) electrons. The van der Waals surface area contributed by atoms with Crippen LogP contribution in [0.15, 0.2) is 53.9 Å². The fraction of sp³-hybridized carbons (Fsp3) is 0. The Balaban J connectivity index is 0.000000162. The Morgan fingerprint density at radius 1 is 1.06 bits per heavy atom. The van der Waals surface area contributed by atoms with E-state index in [1.165, 1.54) is 5.56 Å². The van der Waals surface area contributed by atoms with E-state index < -0.39 is 0 Å². The van der Waals surface area contributed by atoms with Crippen LogP contribution in [0.1, 0.15) is 5.56 Å². The average Bonchev–Trinajstić information content (AvgIpc) is 2.81. The van der Waals surface area contributed by atoms with Crippen LogP contribution in [0.25, 0.3) is 6.08 Å². The topological polar surface area (TPSA) is 53.1 Å². The maximum Gasteiger partial charge on any atom is 0.0634 e. The van der Waals surface area contributed by atoms with Crippen molar-refractivity contribution in [1.29, 1.82) is 0 Å². The fourth-order valence-corrected chi connectivity index (χ4v) is 1.26. The molecule has 0 bridgehead atoms. The lowest BCUT2D eigenvalue weighted by Crippen LogP contribution is -1.87. The molecule has 4 heteroatoms. The van der Waals surface area contributed by atoms with E-state index in [0.717, 1.165) is 5.69 Å². The molecule has 1 aromatic carbocycles. The molecule has 0 aliphatic carbocycles. The van der Waals surface area contributed by atoms with E-state index in [9.17, 15) is 0 Å². The summed E-state index contributed by atoms with van der Waals surface area (Å²) < 4.78 is 0. The van der Waals surface area contributed by atoms with Crippen LogP contribution in [-0.4, -0.2) is 16.4 Å². The highest BCUT2D eigenvalue weighted by molar-refractivity contribution is 5.83. The number of hydrogen-bond acceptors (Lipinski definition) is 3. The first kappa shape index (κ1) is 10.2. The van der Waals surface area contributed by atoms with E-state index in [2.05, 4.69) is 20.7 Å². The zero-order valence-corrected chi connectivity index (χ0v) is 8.67. The van der Waals surface area contributed by atoms with Gasteiger partial charge in [-0.1, -0.05) is 24.3 Å². The van der Waals surface area contributed by atoms with E-state index in [-0.39, 0.29) is 0 Å². The van der Waals surface area contributed by atoms with Gasteiger partial charge in [-0.05, 0) is 23.8 Å². The standard InChI is InChI=1S/C9H8N2.C3H4N2/c1-2-6-9-8(4-1)5-3-7-10-11-9;1-2-4-5-3-1/h1-7,11H;1-3H,(H,4,5). The summed E-state index contributed by atoms with van der Waals surface area (Å²) in [5, 5.41) is 10.2. The molecular weight excluding hydrogens is 200 g/mol. The Labute approximate surface area is 93.7 Å². The lowest BCUT2D eigenvalue weighted by molar-refractivity contribution is 1.09. The second kappa shape index (κ2) is 5.50. The minimum absolute atomic E-state index is 1.05. The summed E-state index contributed by atoms with van der Waals surface area (Å²) in [5.74, 6) is 0. The molecule has 2 N–H and O–H groups in total. The third kappa shape index (κ3) is 2.81. The highest BCUT2D eigenvalue weighted by Gasteiger charge is 1.96. The third-order valence-corrected chi connectivity index (χ3v) is 1.99. The summed E-state index contributed by atoms with van der Waals surface area (Å²) in [7, 11) is 0. The van der Waals surface area contributed by atoms with E-state index >= 15 is 0 Å². The van der Waals surface area contributed by atoms with Gasteiger partial charge in [-0.3, -0.25) is 10.5 Å². The first-order valence-corrected chi connectivity index (χ1v) is 4.95.